The van der Waals surface area contributed by atoms with Gasteiger partial charge in [-0.2, -0.15) is 0 Å². The second-order valence-electron chi connectivity index (χ2n) is 6.62. The second-order valence-corrected chi connectivity index (χ2v) is 7.01. The van der Waals surface area contributed by atoms with Gasteiger partial charge in [0.05, 0.1) is 19.3 Å². The molecule has 1 fully saturated rings. The van der Waals surface area contributed by atoms with Gasteiger partial charge in [0.2, 0.25) is 0 Å². The van der Waals surface area contributed by atoms with Gasteiger partial charge < -0.3 is 19.7 Å². The molecule has 128 valence electrons. The van der Waals surface area contributed by atoms with Crippen LogP contribution in [0.1, 0.15) is 26.3 Å². The molecule has 0 aromatic carbocycles. The summed E-state index contributed by atoms with van der Waals surface area (Å²) in [4.78, 5) is 17.9. The molecule has 2 rings (SSSR count). The Kier molecular flexibility index (Phi) is 5.70. The zero-order chi connectivity index (χ0) is 17.0. The Morgan fingerprint density at radius 3 is 3.00 bits per heavy atom. The van der Waals surface area contributed by atoms with Gasteiger partial charge in [-0.25, -0.2) is 9.78 Å². The van der Waals surface area contributed by atoms with Crippen molar-refractivity contribution in [2.24, 2.45) is 0 Å². The van der Waals surface area contributed by atoms with E-state index in [0.717, 1.165) is 11.3 Å². The van der Waals surface area contributed by atoms with Gasteiger partial charge in [0, 0.05) is 25.0 Å². The summed E-state index contributed by atoms with van der Waals surface area (Å²) in [5.41, 5.74) is 1.44. The van der Waals surface area contributed by atoms with Crippen LogP contribution in [0, 0.1) is 6.92 Å². The highest BCUT2D eigenvalue weighted by molar-refractivity contribution is 6.29. The number of pyridine rings is 1. The Hall–Kier alpha value is -1.53. The number of aromatic nitrogens is 1. The molecule has 0 unspecified atom stereocenters. The zero-order valence-corrected chi connectivity index (χ0v) is 14.8. The van der Waals surface area contributed by atoms with Crippen LogP contribution in [0.5, 0.6) is 0 Å². The molecule has 7 heteroatoms. The van der Waals surface area contributed by atoms with E-state index in [4.69, 9.17) is 21.1 Å². The number of morpholine rings is 1. The number of aryl methyl sites for hydroxylation is 1. The van der Waals surface area contributed by atoms with Crippen molar-refractivity contribution in [1.82, 2.24) is 9.88 Å². The minimum Gasteiger partial charge on any atom is -0.444 e. The average molecular weight is 342 g/mol. The topological polar surface area (TPSA) is 63.7 Å². The van der Waals surface area contributed by atoms with Crippen LogP contribution in [-0.4, -0.2) is 53.9 Å². The number of carbonyl (C=O) groups excluding carboxylic acids is 1. The maximum Gasteiger partial charge on any atom is 0.410 e. The van der Waals surface area contributed by atoms with Crippen LogP contribution >= 0.6 is 11.6 Å². The first-order valence-electron chi connectivity index (χ1n) is 7.70. The van der Waals surface area contributed by atoms with Crippen LogP contribution < -0.4 is 5.32 Å². The highest BCUT2D eigenvalue weighted by Gasteiger charge is 2.28. The molecule has 23 heavy (non-hydrogen) atoms. The molecule has 1 aromatic heterocycles. The van der Waals surface area contributed by atoms with Crippen LogP contribution in [0.3, 0.4) is 0 Å². The molecule has 1 N–H and O–H groups in total. The van der Waals surface area contributed by atoms with Crippen molar-refractivity contribution in [3.05, 3.63) is 23.0 Å². The molecule has 1 aliphatic rings. The first kappa shape index (κ1) is 17.8. The van der Waals surface area contributed by atoms with Crippen molar-refractivity contribution in [1.29, 1.82) is 0 Å². The maximum absolute atomic E-state index is 12.1. The summed E-state index contributed by atoms with van der Waals surface area (Å²) in [6, 6.07) is 1.78. The van der Waals surface area contributed by atoms with Crippen LogP contribution in [0.15, 0.2) is 12.3 Å². The van der Waals surface area contributed by atoms with E-state index in [1.807, 2.05) is 27.7 Å². The van der Waals surface area contributed by atoms with Crippen LogP contribution in [0.4, 0.5) is 10.5 Å². The standard InChI is InChI=1S/C16H24ClN3O3/c1-11-8-19-14(17)7-13(11)18-9-12-10-20(5-6-22-12)15(21)23-16(2,3)4/h7-8,12H,5-6,9-10H2,1-4H3,(H,18,19)/t12-/m1/s1. The van der Waals surface area contributed by atoms with E-state index in [1.165, 1.54) is 0 Å². The lowest BCUT2D eigenvalue weighted by molar-refractivity contribution is -0.0371. The lowest BCUT2D eigenvalue weighted by atomic mass is 10.2. The fourth-order valence-corrected chi connectivity index (χ4v) is 2.41. The summed E-state index contributed by atoms with van der Waals surface area (Å²) >= 11 is 5.91. The van der Waals surface area contributed by atoms with Crippen LogP contribution in [0.2, 0.25) is 5.15 Å². The molecule has 0 aliphatic carbocycles. The Morgan fingerprint density at radius 1 is 1.57 bits per heavy atom. The van der Waals surface area contributed by atoms with Crippen molar-refractivity contribution in [2.75, 3.05) is 31.6 Å². The number of amides is 1. The van der Waals surface area contributed by atoms with Gasteiger partial charge in [-0.1, -0.05) is 11.6 Å². The summed E-state index contributed by atoms with van der Waals surface area (Å²) in [7, 11) is 0. The number of ether oxygens (including phenoxy) is 2. The number of hydrogen-bond donors (Lipinski definition) is 1. The molecule has 1 aliphatic heterocycles. The number of halogens is 1. The van der Waals surface area contributed by atoms with Crippen LogP contribution in [-0.2, 0) is 9.47 Å². The van der Waals surface area contributed by atoms with Gasteiger partial charge in [0.1, 0.15) is 10.8 Å². The number of nitrogens with zero attached hydrogens (tertiary/aromatic N) is 2. The maximum atomic E-state index is 12.1. The predicted molar refractivity (Wildman–Crippen MR) is 90.0 cm³/mol. The average Bonchev–Trinajstić information content (AvgIpc) is 2.47. The number of carbonyl (C=O) groups is 1. The molecule has 0 radical (unpaired) electrons. The third kappa shape index (κ3) is 5.55. The van der Waals surface area contributed by atoms with E-state index < -0.39 is 5.60 Å². The van der Waals surface area contributed by atoms with E-state index in [0.29, 0.717) is 31.4 Å². The van der Waals surface area contributed by atoms with Gasteiger partial charge >= 0.3 is 6.09 Å². The van der Waals surface area contributed by atoms with Crippen molar-refractivity contribution >= 4 is 23.4 Å². The summed E-state index contributed by atoms with van der Waals surface area (Å²) < 4.78 is 11.1. The summed E-state index contributed by atoms with van der Waals surface area (Å²) in [6.07, 6.45) is 1.33. The van der Waals surface area contributed by atoms with Crippen molar-refractivity contribution in [3.8, 4) is 0 Å². The molecule has 0 saturated carbocycles. The van der Waals surface area contributed by atoms with E-state index in [1.54, 1.807) is 17.2 Å². The Bertz CT molecular complexity index is 560. The SMILES string of the molecule is Cc1cnc(Cl)cc1NC[C@@H]1CN(C(=O)OC(C)(C)C)CCO1. The third-order valence-electron chi connectivity index (χ3n) is 3.38. The molecule has 0 spiro atoms. The Morgan fingerprint density at radius 2 is 2.30 bits per heavy atom. The summed E-state index contributed by atoms with van der Waals surface area (Å²) in [5.74, 6) is 0. The van der Waals surface area contributed by atoms with Crippen molar-refractivity contribution in [3.63, 3.8) is 0 Å². The molecule has 1 atom stereocenters. The molecular formula is C16H24ClN3O3. The number of rotatable bonds is 3. The van der Waals surface area contributed by atoms with Gasteiger partial charge in [0.25, 0.3) is 0 Å². The van der Waals surface area contributed by atoms with E-state index in [-0.39, 0.29) is 12.2 Å². The van der Waals surface area contributed by atoms with Gasteiger partial charge in [-0.3, -0.25) is 0 Å². The van der Waals surface area contributed by atoms with E-state index in [9.17, 15) is 4.79 Å². The Labute approximate surface area is 142 Å². The summed E-state index contributed by atoms with van der Waals surface area (Å²) in [5, 5.41) is 3.75. The lowest BCUT2D eigenvalue weighted by Gasteiger charge is -2.34. The molecule has 1 aromatic rings. The largest absolute Gasteiger partial charge is 0.444 e. The monoisotopic (exact) mass is 341 g/mol. The molecule has 1 amide bonds. The molecule has 0 bridgehead atoms. The van der Waals surface area contributed by atoms with Gasteiger partial charge in [0.15, 0.2) is 0 Å². The molecule has 6 nitrogen and oxygen atoms in total. The zero-order valence-electron chi connectivity index (χ0n) is 14.1. The minimum atomic E-state index is -0.492. The smallest absolute Gasteiger partial charge is 0.410 e. The fourth-order valence-electron chi connectivity index (χ4n) is 2.25. The molecule has 2 heterocycles. The number of anilines is 1. The fraction of sp³-hybridized carbons (Fsp3) is 0.625. The highest BCUT2D eigenvalue weighted by Crippen LogP contribution is 2.18. The lowest BCUT2D eigenvalue weighted by Crippen LogP contribution is -2.49. The molecular weight excluding hydrogens is 318 g/mol. The van der Waals surface area contributed by atoms with E-state index >= 15 is 0 Å². The van der Waals surface area contributed by atoms with Crippen molar-refractivity contribution < 1.29 is 14.3 Å². The second kappa shape index (κ2) is 7.36. The first-order valence-corrected chi connectivity index (χ1v) is 8.08. The predicted octanol–water partition coefficient (Wildman–Crippen LogP) is 3.09. The minimum absolute atomic E-state index is 0.0948. The van der Waals surface area contributed by atoms with Gasteiger partial charge in [-0.05, 0) is 39.3 Å². The number of hydrogen-bond acceptors (Lipinski definition) is 5. The third-order valence-corrected chi connectivity index (χ3v) is 3.59. The Balaban J connectivity index is 1.89. The number of nitrogens with one attached hydrogen (secondary N) is 1. The van der Waals surface area contributed by atoms with Crippen molar-refractivity contribution in [2.45, 2.75) is 39.4 Å². The van der Waals surface area contributed by atoms with E-state index in [2.05, 4.69) is 10.3 Å². The first-order chi connectivity index (χ1) is 10.7. The summed E-state index contributed by atoms with van der Waals surface area (Å²) in [6.45, 7) is 9.68. The van der Waals surface area contributed by atoms with Crippen LogP contribution in [0.25, 0.3) is 0 Å². The quantitative estimate of drug-likeness (QED) is 0.856. The normalized spacial score (nSPS) is 18.7. The molecule has 1 saturated heterocycles. The highest BCUT2D eigenvalue weighted by atomic mass is 35.5. The van der Waals surface area contributed by atoms with Gasteiger partial charge in [-0.15, -0.1) is 0 Å².